The Morgan fingerprint density at radius 3 is 1.88 bits per heavy atom. The molecule has 51 heavy (non-hydrogen) atoms. The summed E-state index contributed by atoms with van der Waals surface area (Å²) >= 11 is 0. The molecule has 240 valence electrons. The van der Waals surface area contributed by atoms with E-state index in [2.05, 4.69) is 175 Å². The van der Waals surface area contributed by atoms with Crippen LogP contribution in [0, 0.1) is 0 Å². The smallest absolute Gasteiger partial charge is 0.162 e. The molecule has 0 saturated carbocycles. The van der Waals surface area contributed by atoms with Crippen LogP contribution < -0.4 is 0 Å². The van der Waals surface area contributed by atoms with Gasteiger partial charge in [-0.15, -0.1) is 0 Å². The second-order valence-electron chi connectivity index (χ2n) is 14.2. The number of benzene rings is 7. The molecule has 0 radical (unpaired) electrons. The molecule has 0 bridgehead atoms. The van der Waals surface area contributed by atoms with Crippen LogP contribution in [0.5, 0.6) is 0 Å². The summed E-state index contributed by atoms with van der Waals surface area (Å²) in [4.78, 5) is 10.6. The largest absolute Gasteiger partial charge is 0.309 e. The van der Waals surface area contributed by atoms with Gasteiger partial charge in [-0.25, -0.2) is 9.97 Å². The lowest BCUT2D eigenvalue weighted by molar-refractivity contribution is 0.661. The van der Waals surface area contributed by atoms with E-state index in [-0.39, 0.29) is 5.41 Å². The Balaban J connectivity index is 1.33. The monoisotopic (exact) mass is 652 g/mol. The average Bonchev–Trinajstić information content (AvgIpc) is 3.78. The number of hydrogen-bond donors (Lipinski definition) is 0. The fourth-order valence-electron chi connectivity index (χ4n) is 8.79. The van der Waals surface area contributed by atoms with E-state index >= 15 is 0 Å². The second-order valence-corrected chi connectivity index (χ2v) is 14.2. The molecule has 10 aromatic rings. The third-order valence-corrected chi connectivity index (χ3v) is 11.1. The zero-order valence-electron chi connectivity index (χ0n) is 28.3. The van der Waals surface area contributed by atoms with Crippen LogP contribution in [0.3, 0.4) is 0 Å². The first-order valence-electron chi connectivity index (χ1n) is 17.6. The normalized spacial score (nSPS) is 13.5. The minimum absolute atomic E-state index is 0.140. The first-order chi connectivity index (χ1) is 25.1. The predicted octanol–water partition coefficient (Wildman–Crippen LogP) is 11.8. The van der Waals surface area contributed by atoms with E-state index in [4.69, 9.17) is 9.97 Å². The highest BCUT2D eigenvalue weighted by molar-refractivity contribution is 6.17. The van der Waals surface area contributed by atoms with E-state index in [9.17, 15) is 0 Å². The maximum absolute atomic E-state index is 5.47. The summed E-state index contributed by atoms with van der Waals surface area (Å²) in [6.45, 7) is 4.70. The Morgan fingerprint density at radius 1 is 0.471 bits per heavy atom. The van der Waals surface area contributed by atoms with Crippen LogP contribution in [0.25, 0.3) is 88.5 Å². The SMILES string of the molecule is CC1(C)c2ccccc2-c2c1ccc1c3ccc(-n4c5ccccc5c5ccccc54)cc3n(-c3nc(-c4ccccc4)nc4ccccc34)c21. The van der Waals surface area contributed by atoms with Crippen molar-refractivity contribution < 1.29 is 0 Å². The number of fused-ring (bicyclic) bond motifs is 11. The van der Waals surface area contributed by atoms with E-state index in [1.165, 1.54) is 60.3 Å². The van der Waals surface area contributed by atoms with Crippen molar-refractivity contribution in [1.82, 2.24) is 19.1 Å². The first-order valence-corrected chi connectivity index (χ1v) is 17.6. The summed E-state index contributed by atoms with van der Waals surface area (Å²) in [5.41, 5.74) is 12.8. The fourth-order valence-corrected chi connectivity index (χ4v) is 8.79. The molecule has 7 aromatic carbocycles. The van der Waals surface area contributed by atoms with Gasteiger partial charge in [0.15, 0.2) is 5.82 Å². The van der Waals surface area contributed by atoms with Crippen molar-refractivity contribution in [2.75, 3.05) is 0 Å². The van der Waals surface area contributed by atoms with Crippen LogP contribution in [0.1, 0.15) is 25.0 Å². The van der Waals surface area contributed by atoms with Gasteiger partial charge in [0.2, 0.25) is 0 Å². The van der Waals surface area contributed by atoms with Crippen LogP contribution in [0.2, 0.25) is 0 Å². The minimum Gasteiger partial charge on any atom is -0.309 e. The lowest BCUT2D eigenvalue weighted by Crippen LogP contribution is -2.14. The van der Waals surface area contributed by atoms with Crippen molar-refractivity contribution >= 4 is 54.5 Å². The van der Waals surface area contributed by atoms with Gasteiger partial charge in [-0.1, -0.05) is 135 Å². The summed E-state index contributed by atoms with van der Waals surface area (Å²) in [7, 11) is 0. The maximum atomic E-state index is 5.47. The Labute approximate surface area is 294 Å². The summed E-state index contributed by atoms with van der Waals surface area (Å²) in [5.74, 6) is 1.60. The third kappa shape index (κ3) is 3.85. The Bertz CT molecular complexity index is 3000. The van der Waals surface area contributed by atoms with E-state index < -0.39 is 0 Å². The zero-order valence-corrected chi connectivity index (χ0v) is 28.3. The summed E-state index contributed by atoms with van der Waals surface area (Å²) in [5, 5.41) is 5.93. The number of nitrogens with zero attached hydrogens (tertiary/aromatic N) is 4. The maximum Gasteiger partial charge on any atom is 0.162 e. The number of para-hydroxylation sites is 3. The third-order valence-electron chi connectivity index (χ3n) is 11.1. The molecule has 0 unspecified atom stereocenters. The van der Waals surface area contributed by atoms with Gasteiger partial charge in [0, 0.05) is 49.2 Å². The van der Waals surface area contributed by atoms with Gasteiger partial charge in [0.05, 0.1) is 27.6 Å². The lowest BCUT2D eigenvalue weighted by atomic mass is 9.82. The molecular weight excluding hydrogens is 621 g/mol. The van der Waals surface area contributed by atoms with Gasteiger partial charge >= 0.3 is 0 Å². The van der Waals surface area contributed by atoms with Crippen LogP contribution in [0.4, 0.5) is 0 Å². The highest BCUT2D eigenvalue weighted by Gasteiger charge is 2.38. The second kappa shape index (κ2) is 10.3. The molecular formula is C47H32N4. The van der Waals surface area contributed by atoms with Gasteiger partial charge in [0.1, 0.15) is 5.82 Å². The molecule has 4 nitrogen and oxygen atoms in total. The van der Waals surface area contributed by atoms with E-state index in [1.54, 1.807) is 0 Å². The van der Waals surface area contributed by atoms with Gasteiger partial charge in [-0.2, -0.15) is 0 Å². The van der Waals surface area contributed by atoms with Crippen LogP contribution in [-0.4, -0.2) is 19.1 Å². The molecule has 0 N–H and O–H groups in total. The van der Waals surface area contributed by atoms with Gasteiger partial charge in [-0.3, -0.25) is 4.57 Å². The van der Waals surface area contributed by atoms with Crippen molar-refractivity contribution in [3.8, 4) is 34.0 Å². The Morgan fingerprint density at radius 2 is 1.10 bits per heavy atom. The number of aromatic nitrogens is 4. The van der Waals surface area contributed by atoms with Crippen LogP contribution in [-0.2, 0) is 5.41 Å². The molecule has 0 atom stereocenters. The highest BCUT2D eigenvalue weighted by Crippen LogP contribution is 2.53. The molecule has 0 aliphatic heterocycles. The Kier molecular flexibility index (Phi) is 5.70. The molecule has 11 rings (SSSR count). The van der Waals surface area contributed by atoms with Gasteiger partial charge in [-0.05, 0) is 53.1 Å². The van der Waals surface area contributed by atoms with E-state index in [1.807, 2.05) is 6.07 Å². The van der Waals surface area contributed by atoms with Crippen molar-refractivity contribution in [1.29, 1.82) is 0 Å². The lowest BCUT2D eigenvalue weighted by Gasteiger charge is -2.21. The molecule has 0 amide bonds. The first kappa shape index (κ1) is 28.3. The fraction of sp³-hybridized carbons (Fsp3) is 0.0638. The summed E-state index contributed by atoms with van der Waals surface area (Å²) in [6, 6.07) is 56.8. The van der Waals surface area contributed by atoms with Gasteiger partial charge in [0.25, 0.3) is 0 Å². The van der Waals surface area contributed by atoms with Crippen LogP contribution in [0.15, 0.2) is 158 Å². The van der Waals surface area contributed by atoms with Crippen LogP contribution >= 0.6 is 0 Å². The molecule has 0 saturated heterocycles. The van der Waals surface area contributed by atoms with Crippen molar-refractivity contribution in [2.24, 2.45) is 0 Å². The quantitative estimate of drug-likeness (QED) is 0.190. The molecule has 3 aromatic heterocycles. The number of rotatable bonds is 3. The van der Waals surface area contributed by atoms with Gasteiger partial charge < -0.3 is 4.57 Å². The molecule has 0 spiro atoms. The topological polar surface area (TPSA) is 35.6 Å². The highest BCUT2D eigenvalue weighted by atomic mass is 15.1. The molecule has 4 heteroatoms. The summed E-state index contributed by atoms with van der Waals surface area (Å²) < 4.78 is 4.85. The standard InChI is InChI=1S/C47H32N4/c1-47(2)37-20-10-6-18-35(37)43-38(47)27-26-34-33-25-24-30(50-40-22-12-8-16-31(40)32-17-9-13-23-41(32)50)28-42(33)51(44(34)43)46-36-19-7-11-21-39(36)48-45(49-46)29-14-4-3-5-15-29/h3-28H,1-2H3. The van der Waals surface area contributed by atoms with Crippen molar-refractivity contribution in [3.63, 3.8) is 0 Å². The zero-order chi connectivity index (χ0) is 33.8. The Hall–Kier alpha value is -6.52. The minimum atomic E-state index is -0.140. The van der Waals surface area contributed by atoms with E-state index in [0.29, 0.717) is 5.82 Å². The molecule has 1 aliphatic rings. The number of hydrogen-bond acceptors (Lipinski definition) is 2. The molecule has 3 heterocycles. The van der Waals surface area contributed by atoms with Crippen molar-refractivity contribution in [2.45, 2.75) is 19.3 Å². The van der Waals surface area contributed by atoms with Crippen molar-refractivity contribution in [3.05, 3.63) is 169 Å². The van der Waals surface area contributed by atoms with E-state index in [0.717, 1.165) is 33.5 Å². The molecule has 1 aliphatic carbocycles. The average molecular weight is 653 g/mol. The molecule has 0 fully saturated rings. The summed E-state index contributed by atoms with van der Waals surface area (Å²) in [6.07, 6.45) is 0. The predicted molar refractivity (Wildman–Crippen MR) is 211 cm³/mol.